The largest absolute Gasteiger partial charge is 0.508 e. The lowest BCUT2D eigenvalue weighted by molar-refractivity contribution is -0.0382. The summed E-state index contributed by atoms with van der Waals surface area (Å²) in [6.45, 7) is 7.45. The molecule has 0 aromatic heterocycles. The van der Waals surface area contributed by atoms with Crippen molar-refractivity contribution in [3.05, 3.63) is 53.1 Å². The first-order chi connectivity index (χ1) is 12.3. The Morgan fingerprint density at radius 1 is 1.04 bits per heavy atom. The van der Waals surface area contributed by atoms with Gasteiger partial charge in [-0.1, -0.05) is 32.9 Å². The maximum atomic E-state index is 9.92. The highest BCUT2D eigenvalue weighted by molar-refractivity contribution is 5.59. The number of rotatable bonds is 1. The Labute approximate surface area is 154 Å². The standard InChI is InChI=1S/C22H27NO3/c1-22(2,3)14-6-7-19-18(11-14)21-17(5-4-8-26-21)20(23-19)13-9-15(24)12-16(25)10-13/h6-7,9-12,17,20-21,23-25H,4-5,8H2,1-3H3. The zero-order valence-corrected chi connectivity index (χ0v) is 15.6. The highest BCUT2D eigenvalue weighted by Gasteiger charge is 2.40. The molecule has 2 aromatic carbocycles. The van der Waals surface area contributed by atoms with Gasteiger partial charge in [-0.3, -0.25) is 0 Å². The van der Waals surface area contributed by atoms with Gasteiger partial charge in [0.05, 0.1) is 12.1 Å². The second-order valence-corrected chi connectivity index (χ2v) is 8.55. The molecule has 3 N–H and O–H groups in total. The van der Waals surface area contributed by atoms with E-state index in [2.05, 4.69) is 44.3 Å². The van der Waals surface area contributed by atoms with Crippen molar-refractivity contribution in [3.63, 3.8) is 0 Å². The van der Waals surface area contributed by atoms with E-state index in [0.29, 0.717) is 0 Å². The summed E-state index contributed by atoms with van der Waals surface area (Å²) in [6.07, 6.45) is 2.12. The number of ether oxygens (including phenoxy) is 1. The maximum absolute atomic E-state index is 9.92. The van der Waals surface area contributed by atoms with Gasteiger partial charge in [0.2, 0.25) is 0 Å². The van der Waals surface area contributed by atoms with Crippen LogP contribution in [0.5, 0.6) is 11.5 Å². The number of phenols is 2. The lowest BCUT2D eigenvalue weighted by Crippen LogP contribution is -2.36. The number of hydrogen-bond donors (Lipinski definition) is 3. The molecule has 4 rings (SSSR count). The quantitative estimate of drug-likeness (QED) is 0.673. The molecule has 1 fully saturated rings. The van der Waals surface area contributed by atoms with Crippen LogP contribution >= 0.6 is 0 Å². The number of benzene rings is 2. The molecule has 1 saturated heterocycles. The Morgan fingerprint density at radius 3 is 2.46 bits per heavy atom. The van der Waals surface area contributed by atoms with Crippen LogP contribution in [0.4, 0.5) is 5.69 Å². The molecule has 0 amide bonds. The summed E-state index contributed by atoms with van der Waals surface area (Å²) in [6, 6.07) is 11.4. The Kier molecular flexibility index (Phi) is 4.11. The lowest BCUT2D eigenvalue weighted by Gasteiger charge is -2.44. The maximum Gasteiger partial charge on any atom is 0.119 e. The number of anilines is 1. The van der Waals surface area contributed by atoms with Gasteiger partial charge in [-0.05, 0) is 47.6 Å². The third kappa shape index (κ3) is 3.03. The van der Waals surface area contributed by atoms with Crippen molar-refractivity contribution in [1.82, 2.24) is 0 Å². The molecule has 0 saturated carbocycles. The molecular weight excluding hydrogens is 326 g/mol. The topological polar surface area (TPSA) is 61.7 Å². The summed E-state index contributed by atoms with van der Waals surface area (Å²) in [5, 5.41) is 23.5. The molecule has 0 spiro atoms. The summed E-state index contributed by atoms with van der Waals surface area (Å²) >= 11 is 0. The van der Waals surface area contributed by atoms with Crippen LogP contribution in [0.3, 0.4) is 0 Å². The third-order valence-electron chi connectivity index (χ3n) is 5.62. The summed E-state index contributed by atoms with van der Waals surface area (Å²) in [7, 11) is 0. The van der Waals surface area contributed by atoms with Crippen molar-refractivity contribution in [2.45, 2.75) is 51.2 Å². The molecule has 138 valence electrons. The first-order valence-corrected chi connectivity index (χ1v) is 9.38. The molecule has 0 aliphatic carbocycles. The summed E-state index contributed by atoms with van der Waals surface area (Å²) in [4.78, 5) is 0. The number of nitrogens with one attached hydrogen (secondary N) is 1. The smallest absolute Gasteiger partial charge is 0.119 e. The molecule has 0 radical (unpaired) electrons. The molecule has 4 heteroatoms. The molecular formula is C22H27NO3. The van der Waals surface area contributed by atoms with Crippen LogP contribution in [0.25, 0.3) is 0 Å². The Balaban J connectivity index is 1.79. The van der Waals surface area contributed by atoms with Crippen molar-refractivity contribution in [2.75, 3.05) is 11.9 Å². The fraction of sp³-hybridized carbons (Fsp3) is 0.455. The molecule has 2 aliphatic heterocycles. The average Bonchev–Trinajstić information content (AvgIpc) is 2.59. The molecule has 4 nitrogen and oxygen atoms in total. The second-order valence-electron chi connectivity index (χ2n) is 8.55. The minimum absolute atomic E-state index is 0.00582. The van der Waals surface area contributed by atoms with Crippen molar-refractivity contribution in [3.8, 4) is 11.5 Å². The SMILES string of the molecule is CC(C)(C)c1ccc2c(c1)C1OCCCC1C(c1cc(O)cc(O)c1)N2. The van der Waals surface area contributed by atoms with Crippen LogP contribution < -0.4 is 5.32 Å². The second kappa shape index (κ2) is 6.20. The van der Waals surface area contributed by atoms with Gasteiger partial charge in [-0.25, -0.2) is 0 Å². The minimum Gasteiger partial charge on any atom is -0.508 e. The van der Waals surface area contributed by atoms with Crippen LogP contribution in [-0.2, 0) is 10.2 Å². The Morgan fingerprint density at radius 2 is 1.77 bits per heavy atom. The molecule has 3 atom stereocenters. The summed E-state index contributed by atoms with van der Waals surface area (Å²) in [5.41, 5.74) is 4.59. The van der Waals surface area contributed by atoms with E-state index in [9.17, 15) is 10.2 Å². The number of hydrogen-bond acceptors (Lipinski definition) is 4. The van der Waals surface area contributed by atoms with Crippen LogP contribution in [0.2, 0.25) is 0 Å². The monoisotopic (exact) mass is 353 g/mol. The van der Waals surface area contributed by atoms with E-state index < -0.39 is 0 Å². The van der Waals surface area contributed by atoms with Crippen molar-refractivity contribution in [1.29, 1.82) is 0 Å². The predicted octanol–water partition coefficient (Wildman–Crippen LogP) is 5.03. The molecule has 0 bridgehead atoms. The number of fused-ring (bicyclic) bond motifs is 3. The number of aromatic hydroxyl groups is 2. The van der Waals surface area contributed by atoms with Crippen molar-refractivity contribution in [2.24, 2.45) is 5.92 Å². The zero-order chi connectivity index (χ0) is 18.5. The van der Waals surface area contributed by atoms with Crippen molar-refractivity contribution < 1.29 is 14.9 Å². The van der Waals surface area contributed by atoms with E-state index in [1.54, 1.807) is 12.1 Å². The van der Waals surface area contributed by atoms with E-state index >= 15 is 0 Å². The summed E-state index contributed by atoms with van der Waals surface area (Å²) < 4.78 is 6.22. The Hall–Kier alpha value is -2.20. The van der Waals surface area contributed by atoms with Crippen LogP contribution in [0, 0.1) is 5.92 Å². The fourth-order valence-electron chi connectivity index (χ4n) is 4.26. The van der Waals surface area contributed by atoms with Gasteiger partial charge in [-0.15, -0.1) is 0 Å². The zero-order valence-electron chi connectivity index (χ0n) is 15.6. The first kappa shape index (κ1) is 17.2. The average molecular weight is 353 g/mol. The van der Waals surface area contributed by atoms with E-state index in [0.717, 1.165) is 30.7 Å². The van der Waals surface area contributed by atoms with Gasteiger partial charge >= 0.3 is 0 Å². The predicted molar refractivity (Wildman–Crippen MR) is 103 cm³/mol. The van der Waals surface area contributed by atoms with Crippen LogP contribution in [0.1, 0.15) is 62.4 Å². The van der Waals surface area contributed by atoms with Crippen LogP contribution in [0.15, 0.2) is 36.4 Å². The lowest BCUT2D eigenvalue weighted by atomic mass is 9.76. The Bertz CT molecular complexity index is 804. The minimum atomic E-state index is 0.00582. The third-order valence-corrected chi connectivity index (χ3v) is 5.62. The molecule has 2 aliphatic rings. The van der Waals surface area contributed by atoms with E-state index in [1.807, 2.05) is 0 Å². The normalized spacial score (nSPS) is 25.1. The fourth-order valence-corrected chi connectivity index (χ4v) is 4.26. The highest BCUT2D eigenvalue weighted by Crippen LogP contribution is 2.50. The highest BCUT2D eigenvalue weighted by atomic mass is 16.5. The molecule has 2 aromatic rings. The van der Waals surface area contributed by atoms with Gasteiger partial charge in [0.15, 0.2) is 0 Å². The first-order valence-electron chi connectivity index (χ1n) is 9.38. The summed E-state index contributed by atoms with van der Waals surface area (Å²) in [5.74, 6) is 0.445. The molecule has 2 heterocycles. The van der Waals surface area contributed by atoms with E-state index in [4.69, 9.17) is 4.74 Å². The molecule has 26 heavy (non-hydrogen) atoms. The van der Waals surface area contributed by atoms with Gasteiger partial charge in [0, 0.05) is 29.8 Å². The van der Waals surface area contributed by atoms with E-state index in [1.165, 1.54) is 17.2 Å². The van der Waals surface area contributed by atoms with E-state index in [-0.39, 0.29) is 35.0 Å². The van der Waals surface area contributed by atoms with Crippen molar-refractivity contribution >= 4 is 5.69 Å². The van der Waals surface area contributed by atoms with Gasteiger partial charge in [-0.2, -0.15) is 0 Å². The van der Waals surface area contributed by atoms with Gasteiger partial charge < -0.3 is 20.3 Å². The molecule has 3 unspecified atom stereocenters. The number of phenolic OH excluding ortho intramolecular Hbond substituents is 2. The van der Waals surface area contributed by atoms with Crippen LogP contribution in [-0.4, -0.2) is 16.8 Å². The van der Waals surface area contributed by atoms with Gasteiger partial charge in [0.1, 0.15) is 11.5 Å². The van der Waals surface area contributed by atoms with Gasteiger partial charge in [0.25, 0.3) is 0 Å².